The van der Waals surface area contributed by atoms with Gasteiger partial charge in [-0.05, 0) is 76.5 Å². The fraction of sp³-hybridized carbons (Fsp3) is 0.208. The average molecular weight is 545 g/mol. The Labute approximate surface area is 210 Å². The van der Waals surface area contributed by atoms with Crippen molar-refractivity contribution >= 4 is 51.2 Å². The molecule has 8 nitrogen and oxygen atoms in total. The zero-order chi connectivity index (χ0) is 24.2. The van der Waals surface area contributed by atoms with E-state index in [1.165, 1.54) is 17.1 Å². The molecule has 2 aliphatic rings. The van der Waals surface area contributed by atoms with Gasteiger partial charge in [-0.25, -0.2) is 0 Å². The van der Waals surface area contributed by atoms with Crippen molar-refractivity contribution in [1.82, 2.24) is 10.2 Å². The predicted molar refractivity (Wildman–Crippen MR) is 133 cm³/mol. The Morgan fingerprint density at radius 3 is 2.76 bits per heavy atom. The first-order chi connectivity index (χ1) is 16.4. The van der Waals surface area contributed by atoms with E-state index in [0.717, 1.165) is 5.56 Å². The number of nitrogens with zero attached hydrogens (tertiary/aromatic N) is 1. The van der Waals surface area contributed by atoms with Gasteiger partial charge < -0.3 is 18.9 Å². The third-order valence-electron chi connectivity index (χ3n) is 4.96. The number of hydrogen-bond donors (Lipinski definition) is 1. The first kappa shape index (κ1) is 23.8. The molecule has 0 bridgehead atoms. The SMILES string of the molecule is C=CCN1C(=O)/C(=C/c2cc(Br)c(OCc3ccc4c(c3)OCO4)c(OCC)c2)C(=O)NC1=S. The molecule has 176 valence electrons. The Balaban J connectivity index is 1.60. The molecule has 2 amide bonds. The number of amides is 2. The van der Waals surface area contributed by atoms with Crippen molar-refractivity contribution in [3.63, 3.8) is 0 Å². The number of fused-ring (bicyclic) bond motifs is 1. The zero-order valence-electron chi connectivity index (χ0n) is 18.3. The molecule has 0 aliphatic carbocycles. The van der Waals surface area contributed by atoms with E-state index in [1.807, 2.05) is 25.1 Å². The lowest BCUT2D eigenvalue weighted by molar-refractivity contribution is -0.128. The number of halogens is 1. The highest BCUT2D eigenvalue weighted by molar-refractivity contribution is 9.10. The predicted octanol–water partition coefficient (Wildman–Crippen LogP) is 3.97. The quantitative estimate of drug-likeness (QED) is 0.233. The largest absolute Gasteiger partial charge is 0.490 e. The van der Waals surface area contributed by atoms with Crippen molar-refractivity contribution in [2.45, 2.75) is 13.5 Å². The van der Waals surface area contributed by atoms with E-state index in [4.69, 9.17) is 31.2 Å². The summed E-state index contributed by atoms with van der Waals surface area (Å²) >= 11 is 8.62. The molecule has 2 aromatic rings. The summed E-state index contributed by atoms with van der Waals surface area (Å²) in [4.78, 5) is 26.5. The molecule has 0 spiro atoms. The molecule has 0 radical (unpaired) electrons. The second-order valence-electron chi connectivity index (χ2n) is 7.26. The molecular formula is C24H21BrN2O6S. The summed E-state index contributed by atoms with van der Waals surface area (Å²) in [5.41, 5.74) is 1.43. The van der Waals surface area contributed by atoms with Crippen molar-refractivity contribution in [2.24, 2.45) is 0 Å². The Hall–Kier alpha value is -3.37. The Morgan fingerprint density at radius 2 is 2.00 bits per heavy atom. The van der Waals surface area contributed by atoms with Gasteiger partial charge in [-0.15, -0.1) is 6.58 Å². The topological polar surface area (TPSA) is 86.3 Å². The summed E-state index contributed by atoms with van der Waals surface area (Å²) in [7, 11) is 0. The number of benzene rings is 2. The number of ether oxygens (including phenoxy) is 4. The number of rotatable bonds is 8. The van der Waals surface area contributed by atoms with Crippen LogP contribution in [-0.4, -0.2) is 41.8 Å². The van der Waals surface area contributed by atoms with Crippen LogP contribution in [0.3, 0.4) is 0 Å². The van der Waals surface area contributed by atoms with Crippen LogP contribution in [0.5, 0.6) is 23.0 Å². The lowest BCUT2D eigenvalue weighted by Gasteiger charge is -2.27. The zero-order valence-corrected chi connectivity index (χ0v) is 20.7. The summed E-state index contributed by atoms with van der Waals surface area (Å²) in [6.07, 6.45) is 3.03. The highest BCUT2D eigenvalue weighted by Gasteiger charge is 2.32. The van der Waals surface area contributed by atoms with E-state index in [-0.39, 0.29) is 30.6 Å². The molecule has 4 rings (SSSR count). The van der Waals surface area contributed by atoms with E-state index in [0.29, 0.717) is 39.6 Å². The van der Waals surface area contributed by atoms with Crippen molar-refractivity contribution in [1.29, 1.82) is 0 Å². The van der Waals surface area contributed by atoms with Gasteiger partial charge in [-0.2, -0.15) is 0 Å². The molecule has 34 heavy (non-hydrogen) atoms. The van der Waals surface area contributed by atoms with Gasteiger partial charge in [-0.1, -0.05) is 12.1 Å². The summed E-state index contributed by atoms with van der Waals surface area (Å²) < 4.78 is 23.2. The van der Waals surface area contributed by atoms with Gasteiger partial charge in [-0.3, -0.25) is 19.8 Å². The van der Waals surface area contributed by atoms with E-state index in [1.54, 1.807) is 12.1 Å². The van der Waals surface area contributed by atoms with Crippen molar-refractivity contribution < 1.29 is 28.5 Å². The third kappa shape index (κ3) is 4.92. The van der Waals surface area contributed by atoms with Crippen molar-refractivity contribution in [2.75, 3.05) is 19.9 Å². The molecule has 2 heterocycles. The maximum absolute atomic E-state index is 12.8. The number of carbonyl (C=O) groups excluding carboxylic acids is 2. The second-order valence-corrected chi connectivity index (χ2v) is 8.50. The first-order valence-corrected chi connectivity index (χ1v) is 11.6. The van der Waals surface area contributed by atoms with Gasteiger partial charge in [0.2, 0.25) is 6.79 Å². The summed E-state index contributed by atoms with van der Waals surface area (Å²) in [5, 5.41) is 2.58. The highest BCUT2D eigenvalue weighted by Crippen LogP contribution is 2.39. The van der Waals surface area contributed by atoms with Gasteiger partial charge in [0, 0.05) is 6.54 Å². The van der Waals surface area contributed by atoms with Crippen LogP contribution in [0.1, 0.15) is 18.1 Å². The minimum absolute atomic E-state index is 0.0428. The van der Waals surface area contributed by atoms with Crippen molar-refractivity contribution in [3.8, 4) is 23.0 Å². The van der Waals surface area contributed by atoms with Crippen LogP contribution in [0.25, 0.3) is 6.08 Å². The van der Waals surface area contributed by atoms with E-state index in [2.05, 4.69) is 27.8 Å². The summed E-state index contributed by atoms with van der Waals surface area (Å²) in [6, 6.07) is 9.05. The van der Waals surface area contributed by atoms with Gasteiger partial charge in [0.15, 0.2) is 28.1 Å². The number of thiocarbonyl (C=S) groups is 1. The third-order valence-corrected chi connectivity index (χ3v) is 5.87. The first-order valence-electron chi connectivity index (χ1n) is 10.4. The molecule has 10 heteroatoms. The average Bonchev–Trinajstić information content (AvgIpc) is 3.27. The van der Waals surface area contributed by atoms with Crippen LogP contribution in [0.2, 0.25) is 0 Å². The van der Waals surface area contributed by atoms with E-state index < -0.39 is 11.8 Å². The van der Waals surface area contributed by atoms with Gasteiger partial charge in [0.25, 0.3) is 11.8 Å². The van der Waals surface area contributed by atoms with Crippen LogP contribution in [-0.2, 0) is 16.2 Å². The molecule has 2 aromatic carbocycles. The summed E-state index contributed by atoms with van der Waals surface area (Å²) in [5.74, 6) is 1.28. The van der Waals surface area contributed by atoms with Crippen LogP contribution < -0.4 is 24.3 Å². The second kappa shape index (κ2) is 10.3. The maximum Gasteiger partial charge on any atom is 0.265 e. The molecule has 0 saturated carbocycles. The fourth-order valence-electron chi connectivity index (χ4n) is 3.42. The van der Waals surface area contributed by atoms with Crippen LogP contribution in [0, 0.1) is 0 Å². The molecule has 0 atom stereocenters. The number of carbonyl (C=O) groups is 2. The van der Waals surface area contributed by atoms with Gasteiger partial charge >= 0.3 is 0 Å². The lowest BCUT2D eigenvalue weighted by atomic mass is 10.1. The van der Waals surface area contributed by atoms with Crippen LogP contribution in [0.15, 0.2) is 53.0 Å². The fourth-order valence-corrected chi connectivity index (χ4v) is 4.24. The Morgan fingerprint density at radius 1 is 1.21 bits per heavy atom. The van der Waals surface area contributed by atoms with Gasteiger partial charge in [0.05, 0.1) is 11.1 Å². The smallest absolute Gasteiger partial charge is 0.265 e. The van der Waals surface area contributed by atoms with Crippen LogP contribution in [0.4, 0.5) is 0 Å². The normalized spacial score (nSPS) is 16.0. The minimum atomic E-state index is -0.562. The maximum atomic E-state index is 12.8. The lowest BCUT2D eigenvalue weighted by Crippen LogP contribution is -2.53. The Kier molecular flexibility index (Phi) is 7.18. The minimum Gasteiger partial charge on any atom is -0.490 e. The molecule has 1 N–H and O–H groups in total. The summed E-state index contributed by atoms with van der Waals surface area (Å²) in [6.45, 7) is 6.54. The monoisotopic (exact) mass is 544 g/mol. The number of hydrogen-bond acceptors (Lipinski definition) is 7. The highest BCUT2D eigenvalue weighted by atomic mass is 79.9. The van der Waals surface area contributed by atoms with Crippen LogP contribution >= 0.6 is 28.1 Å². The van der Waals surface area contributed by atoms with Gasteiger partial charge in [0.1, 0.15) is 12.2 Å². The molecule has 1 fully saturated rings. The van der Waals surface area contributed by atoms with Crippen molar-refractivity contribution in [3.05, 3.63) is 64.2 Å². The molecule has 1 saturated heterocycles. The Bertz CT molecular complexity index is 1210. The molecular weight excluding hydrogens is 524 g/mol. The molecule has 2 aliphatic heterocycles. The molecule has 0 unspecified atom stereocenters. The standard InChI is InChI=1S/C24H21BrN2O6S/c1-3-7-27-23(29)16(22(28)26-24(27)34)8-15-9-17(25)21(20(11-15)30-4-2)31-12-14-5-6-18-19(10-14)33-13-32-18/h3,5-6,8-11H,1,4,7,12-13H2,2H3,(H,26,28,34)/b16-8+. The van der Waals surface area contributed by atoms with E-state index in [9.17, 15) is 9.59 Å². The van der Waals surface area contributed by atoms with E-state index >= 15 is 0 Å². The molecule has 0 aromatic heterocycles. The number of nitrogens with one attached hydrogen (secondary N) is 1.